The molecule has 0 spiro atoms. The molecule has 0 amide bonds. The first-order chi connectivity index (χ1) is 13.1. The molecule has 0 saturated heterocycles. The molecule has 0 saturated carbocycles. The van der Waals surface area contributed by atoms with E-state index in [2.05, 4.69) is 4.98 Å². The molecule has 0 fully saturated rings. The van der Waals surface area contributed by atoms with Crippen molar-refractivity contribution in [3.05, 3.63) is 54.3 Å². The van der Waals surface area contributed by atoms with Crippen LogP contribution in [-0.4, -0.2) is 34.1 Å². The third kappa shape index (κ3) is 4.37. The first-order valence-electron chi connectivity index (χ1n) is 7.73. The Morgan fingerprint density at radius 1 is 1.04 bits per heavy atom. The van der Waals surface area contributed by atoms with Crippen LogP contribution in [0.2, 0.25) is 0 Å². The Kier molecular flexibility index (Phi) is 5.50. The molecule has 148 valence electrons. The summed E-state index contributed by atoms with van der Waals surface area (Å²) in [5, 5.41) is -0.129. The number of hydrogen-bond acceptors (Lipinski definition) is 6. The van der Waals surface area contributed by atoms with Crippen LogP contribution in [0.3, 0.4) is 0 Å². The van der Waals surface area contributed by atoms with Crippen LogP contribution in [-0.2, 0) is 19.9 Å². The second kappa shape index (κ2) is 7.57. The number of sulfone groups is 1. The zero-order valence-electron chi connectivity index (χ0n) is 14.4. The van der Waals surface area contributed by atoms with Crippen molar-refractivity contribution in [3.63, 3.8) is 0 Å². The van der Waals surface area contributed by atoms with E-state index in [-0.39, 0.29) is 21.3 Å². The summed E-state index contributed by atoms with van der Waals surface area (Å²) in [5.74, 6) is -0.468. The largest absolute Gasteiger partial charge is 0.264 e. The lowest BCUT2D eigenvalue weighted by molar-refractivity contribution is 0.538. The molecule has 28 heavy (non-hydrogen) atoms. The summed E-state index contributed by atoms with van der Waals surface area (Å²) in [4.78, 5) is 4.60. The van der Waals surface area contributed by atoms with Gasteiger partial charge in [-0.25, -0.2) is 30.6 Å². The third-order valence-corrected chi connectivity index (χ3v) is 6.76. The zero-order chi connectivity index (χ0) is 20.5. The molecule has 6 nitrogen and oxygen atoms in total. The van der Waals surface area contributed by atoms with Gasteiger partial charge < -0.3 is 0 Å². The Balaban J connectivity index is 2.25. The van der Waals surface area contributed by atoms with E-state index in [0.717, 1.165) is 17.6 Å². The van der Waals surface area contributed by atoms with E-state index in [0.29, 0.717) is 10.4 Å². The smallest absolute Gasteiger partial charge is 0.256 e. The van der Waals surface area contributed by atoms with Gasteiger partial charge in [-0.3, -0.25) is 4.72 Å². The number of hydrogen-bond donors (Lipinski definition) is 1. The number of sulfonamides is 1. The van der Waals surface area contributed by atoms with Crippen LogP contribution < -0.4 is 4.72 Å². The summed E-state index contributed by atoms with van der Waals surface area (Å²) >= 11 is 0.890. The highest BCUT2D eigenvalue weighted by Crippen LogP contribution is 2.41. The van der Waals surface area contributed by atoms with Gasteiger partial charge in [-0.1, -0.05) is 41.7 Å². The van der Waals surface area contributed by atoms with Crippen LogP contribution in [0.5, 0.6) is 0 Å². The summed E-state index contributed by atoms with van der Waals surface area (Å²) in [6.07, 6.45) is 1.04. The molecule has 0 atom stereocenters. The van der Waals surface area contributed by atoms with E-state index < -0.39 is 31.7 Å². The van der Waals surface area contributed by atoms with Crippen molar-refractivity contribution in [2.45, 2.75) is 4.90 Å². The van der Waals surface area contributed by atoms with Crippen molar-refractivity contribution < 1.29 is 25.6 Å². The molecule has 1 N–H and O–H groups in total. The maximum atomic E-state index is 13.3. The molecule has 0 aliphatic heterocycles. The van der Waals surface area contributed by atoms with Crippen molar-refractivity contribution in [2.24, 2.45) is 0 Å². The molecule has 0 unspecified atom stereocenters. The molecule has 0 aliphatic rings. The summed E-state index contributed by atoms with van der Waals surface area (Å²) in [6, 6.07) is 9.83. The minimum absolute atomic E-state index is 0.00330. The van der Waals surface area contributed by atoms with Gasteiger partial charge in [0, 0.05) is 11.8 Å². The average Bonchev–Trinajstić information content (AvgIpc) is 3.04. The number of anilines is 1. The second-order valence-electron chi connectivity index (χ2n) is 5.80. The molecule has 3 aromatic rings. The van der Waals surface area contributed by atoms with Crippen LogP contribution >= 0.6 is 11.3 Å². The Bertz CT molecular complexity index is 1220. The van der Waals surface area contributed by atoms with Crippen LogP contribution in [0.25, 0.3) is 21.7 Å². The zero-order valence-corrected chi connectivity index (χ0v) is 16.8. The molecule has 0 aliphatic carbocycles. The molecular formula is C17H14F2N2O4S3. The van der Waals surface area contributed by atoms with Crippen molar-refractivity contribution in [1.82, 2.24) is 4.98 Å². The van der Waals surface area contributed by atoms with Crippen LogP contribution in [0.1, 0.15) is 0 Å². The van der Waals surface area contributed by atoms with E-state index in [1.165, 1.54) is 36.4 Å². The molecule has 2 aromatic carbocycles. The predicted molar refractivity (Wildman–Crippen MR) is 105 cm³/mol. The fourth-order valence-electron chi connectivity index (χ4n) is 2.49. The second-order valence-corrected chi connectivity index (χ2v) is 10.4. The van der Waals surface area contributed by atoms with Gasteiger partial charge in [0.1, 0.15) is 5.82 Å². The molecule has 11 heteroatoms. The molecule has 0 radical (unpaired) electrons. The number of nitrogens with zero attached hydrogens (tertiary/aromatic N) is 1. The number of rotatable bonds is 6. The fraction of sp³-hybridized carbons (Fsp3) is 0.118. The first kappa shape index (κ1) is 20.4. The van der Waals surface area contributed by atoms with Crippen LogP contribution in [0.4, 0.5) is 13.9 Å². The van der Waals surface area contributed by atoms with Gasteiger partial charge in [0.05, 0.1) is 15.5 Å². The lowest BCUT2D eigenvalue weighted by atomic mass is 10.1. The number of alkyl halides is 1. The van der Waals surface area contributed by atoms with Crippen molar-refractivity contribution in [2.75, 3.05) is 17.0 Å². The molecule has 1 heterocycles. The SMILES string of the molecule is CS(=O)(=O)c1ccccc1-c1nc(NS(=O)(=O)CF)sc1-c1ccc(F)cc1. The van der Waals surface area contributed by atoms with Crippen molar-refractivity contribution in [1.29, 1.82) is 0 Å². The highest BCUT2D eigenvalue weighted by molar-refractivity contribution is 7.92. The van der Waals surface area contributed by atoms with Gasteiger partial charge in [-0.05, 0) is 23.8 Å². The standard InChI is InChI=1S/C17H14F2N2O4S3/c1-27(22,23)14-5-3-2-4-13(14)15-16(11-6-8-12(19)9-7-11)26-17(20-15)21-28(24,25)10-18/h2-9H,10H2,1H3,(H,20,21). The van der Waals surface area contributed by atoms with Gasteiger partial charge in [0.15, 0.2) is 15.0 Å². The third-order valence-electron chi connectivity index (χ3n) is 3.66. The number of halogens is 2. The Morgan fingerprint density at radius 2 is 1.68 bits per heavy atom. The van der Waals surface area contributed by atoms with E-state index in [9.17, 15) is 25.6 Å². The summed E-state index contributed by atoms with van der Waals surface area (Å²) in [7, 11) is -7.84. The maximum absolute atomic E-state index is 13.3. The quantitative estimate of drug-likeness (QED) is 0.626. The number of benzene rings is 2. The lowest BCUT2D eigenvalue weighted by Gasteiger charge is -2.08. The predicted octanol–water partition coefficient (Wildman–Crippen LogP) is 3.69. The van der Waals surface area contributed by atoms with E-state index >= 15 is 0 Å². The normalized spacial score (nSPS) is 12.1. The lowest BCUT2D eigenvalue weighted by Crippen LogP contribution is -2.13. The number of thiazole rings is 1. The van der Waals surface area contributed by atoms with Gasteiger partial charge in [0.25, 0.3) is 10.0 Å². The van der Waals surface area contributed by atoms with E-state index in [1.54, 1.807) is 12.1 Å². The van der Waals surface area contributed by atoms with Crippen molar-refractivity contribution >= 4 is 36.3 Å². The molecule has 0 bridgehead atoms. The van der Waals surface area contributed by atoms with Gasteiger partial charge in [-0.2, -0.15) is 0 Å². The fourth-order valence-corrected chi connectivity index (χ4v) is 5.13. The Hall–Kier alpha value is -2.37. The maximum Gasteiger partial charge on any atom is 0.264 e. The monoisotopic (exact) mass is 444 g/mol. The summed E-state index contributed by atoms with van der Waals surface area (Å²) in [5.41, 5.74) is 0.948. The molecule has 1 aromatic heterocycles. The summed E-state index contributed by atoms with van der Waals surface area (Å²) in [6.45, 7) is 0. The Morgan fingerprint density at radius 3 is 2.29 bits per heavy atom. The minimum atomic E-state index is -4.23. The van der Waals surface area contributed by atoms with E-state index in [1.807, 2.05) is 4.72 Å². The van der Waals surface area contributed by atoms with Gasteiger partial charge in [-0.15, -0.1) is 0 Å². The average molecular weight is 445 g/mol. The number of aromatic nitrogens is 1. The van der Waals surface area contributed by atoms with Gasteiger partial charge in [0.2, 0.25) is 6.01 Å². The topological polar surface area (TPSA) is 93.2 Å². The van der Waals surface area contributed by atoms with Crippen molar-refractivity contribution in [3.8, 4) is 21.7 Å². The highest BCUT2D eigenvalue weighted by atomic mass is 32.2. The highest BCUT2D eigenvalue weighted by Gasteiger charge is 2.23. The molecule has 3 rings (SSSR count). The number of nitrogens with one attached hydrogen (secondary N) is 1. The van der Waals surface area contributed by atoms with Crippen LogP contribution in [0.15, 0.2) is 53.4 Å². The Labute approximate surface area is 164 Å². The van der Waals surface area contributed by atoms with Gasteiger partial charge >= 0.3 is 0 Å². The van der Waals surface area contributed by atoms with Crippen LogP contribution in [0, 0.1) is 5.82 Å². The summed E-state index contributed by atoms with van der Waals surface area (Å²) < 4.78 is 75.5. The molecular weight excluding hydrogens is 430 g/mol. The van der Waals surface area contributed by atoms with E-state index in [4.69, 9.17) is 0 Å². The minimum Gasteiger partial charge on any atom is -0.256 e. The first-order valence-corrected chi connectivity index (χ1v) is 12.1.